The van der Waals surface area contributed by atoms with Crippen molar-refractivity contribution < 1.29 is 4.39 Å². The summed E-state index contributed by atoms with van der Waals surface area (Å²) in [6.07, 6.45) is 0. The summed E-state index contributed by atoms with van der Waals surface area (Å²) >= 11 is 18.1. The smallest absolute Gasteiger partial charge is 0.142 e. The summed E-state index contributed by atoms with van der Waals surface area (Å²) in [5, 5.41) is 4.23. The minimum Gasteiger partial charge on any atom is -0.309 e. The molecule has 0 radical (unpaired) electrons. The molecule has 2 aromatic carbocycles. The van der Waals surface area contributed by atoms with Crippen LogP contribution in [-0.2, 0) is 0 Å². The molecule has 1 atom stereocenters. The number of halogens is 4. The van der Waals surface area contributed by atoms with Crippen molar-refractivity contribution in [2.45, 2.75) is 6.04 Å². The minimum atomic E-state index is -0.454. The van der Waals surface area contributed by atoms with Gasteiger partial charge in [-0.15, -0.1) is 0 Å². The maximum Gasteiger partial charge on any atom is 0.142 e. The zero-order chi connectivity index (χ0) is 14.0. The lowest BCUT2D eigenvalue weighted by molar-refractivity contribution is 0.617. The van der Waals surface area contributed by atoms with Crippen LogP contribution in [0.25, 0.3) is 0 Å². The third kappa shape index (κ3) is 3.03. The molecule has 0 aromatic heterocycles. The zero-order valence-corrected chi connectivity index (χ0v) is 12.3. The van der Waals surface area contributed by atoms with Gasteiger partial charge in [0.1, 0.15) is 5.82 Å². The third-order valence-electron chi connectivity index (χ3n) is 2.85. The van der Waals surface area contributed by atoms with Crippen LogP contribution in [0.15, 0.2) is 36.4 Å². The van der Waals surface area contributed by atoms with Crippen LogP contribution < -0.4 is 5.32 Å². The lowest BCUT2D eigenvalue weighted by Crippen LogP contribution is -2.18. The predicted octanol–water partition coefficient (Wildman–Crippen LogP) is 5.09. The first-order valence-electron chi connectivity index (χ1n) is 5.60. The molecule has 0 aliphatic heterocycles. The van der Waals surface area contributed by atoms with Crippen LogP contribution in [0, 0.1) is 5.82 Å². The van der Waals surface area contributed by atoms with E-state index in [0.717, 1.165) is 5.56 Å². The van der Waals surface area contributed by atoms with Crippen LogP contribution >= 0.6 is 34.8 Å². The molecule has 0 amide bonds. The molecular formula is C14H11Cl3FN. The molecule has 100 valence electrons. The highest BCUT2D eigenvalue weighted by Gasteiger charge is 2.19. The van der Waals surface area contributed by atoms with Gasteiger partial charge in [-0.1, -0.05) is 53.0 Å². The Hall–Kier alpha value is -0.800. The Morgan fingerprint density at radius 2 is 1.79 bits per heavy atom. The van der Waals surface area contributed by atoms with Gasteiger partial charge < -0.3 is 5.32 Å². The third-order valence-corrected chi connectivity index (χ3v) is 3.82. The van der Waals surface area contributed by atoms with E-state index in [1.165, 1.54) is 6.07 Å². The Kier molecular flexibility index (Phi) is 4.69. The highest BCUT2D eigenvalue weighted by molar-refractivity contribution is 6.35. The van der Waals surface area contributed by atoms with Crippen molar-refractivity contribution >= 4 is 34.8 Å². The van der Waals surface area contributed by atoms with Crippen LogP contribution in [0.2, 0.25) is 15.1 Å². The largest absolute Gasteiger partial charge is 0.309 e. The fraction of sp³-hybridized carbons (Fsp3) is 0.143. The molecule has 2 aromatic rings. The molecule has 0 saturated heterocycles. The number of hydrogen-bond donors (Lipinski definition) is 1. The topological polar surface area (TPSA) is 12.0 Å². The quantitative estimate of drug-likeness (QED) is 0.830. The molecule has 1 unspecified atom stereocenters. The molecule has 0 bridgehead atoms. The van der Waals surface area contributed by atoms with Gasteiger partial charge in [0.25, 0.3) is 0 Å². The lowest BCUT2D eigenvalue weighted by atomic mass is 9.98. The highest BCUT2D eigenvalue weighted by atomic mass is 35.5. The van der Waals surface area contributed by atoms with E-state index in [0.29, 0.717) is 15.6 Å². The average molecular weight is 319 g/mol. The summed E-state index contributed by atoms with van der Waals surface area (Å²) in [6.45, 7) is 0. The number of hydrogen-bond acceptors (Lipinski definition) is 1. The van der Waals surface area contributed by atoms with Crippen molar-refractivity contribution in [2.75, 3.05) is 7.05 Å². The summed E-state index contributed by atoms with van der Waals surface area (Å²) in [7, 11) is 1.76. The van der Waals surface area contributed by atoms with E-state index in [1.807, 2.05) is 0 Å². The SMILES string of the molecule is CNC(c1ccc(Cl)cc1Cl)c1cccc(F)c1Cl. The van der Waals surface area contributed by atoms with Crippen molar-refractivity contribution in [1.29, 1.82) is 0 Å². The molecular weight excluding hydrogens is 308 g/mol. The van der Waals surface area contributed by atoms with Gasteiger partial charge in [-0.2, -0.15) is 0 Å². The highest BCUT2D eigenvalue weighted by Crippen LogP contribution is 2.34. The summed E-state index contributed by atoms with van der Waals surface area (Å²) < 4.78 is 13.5. The van der Waals surface area contributed by atoms with Gasteiger partial charge in [-0.3, -0.25) is 0 Å². The van der Waals surface area contributed by atoms with Crippen LogP contribution in [0.5, 0.6) is 0 Å². The van der Waals surface area contributed by atoms with Crippen molar-refractivity contribution in [2.24, 2.45) is 0 Å². The molecule has 19 heavy (non-hydrogen) atoms. The molecule has 1 nitrogen and oxygen atoms in total. The van der Waals surface area contributed by atoms with E-state index in [-0.39, 0.29) is 11.1 Å². The van der Waals surface area contributed by atoms with Crippen molar-refractivity contribution in [3.63, 3.8) is 0 Å². The summed E-state index contributed by atoms with van der Waals surface area (Å²) in [5.74, 6) is -0.454. The molecule has 0 saturated carbocycles. The Morgan fingerprint density at radius 3 is 2.42 bits per heavy atom. The average Bonchev–Trinajstić information content (AvgIpc) is 2.37. The van der Waals surface area contributed by atoms with Gasteiger partial charge >= 0.3 is 0 Å². The first-order valence-corrected chi connectivity index (χ1v) is 6.74. The van der Waals surface area contributed by atoms with Crippen molar-refractivity contribution in [3.05, 3.63) is 68.4 Å². The van der Waals surface area contributed by atoms with Crippen LogP contribution in [0.4, 0.5) is 4.39 Å². The summed E-state index contributed by atoms with van der Waals surface area (Å²) in [4.78, 5) is 0. The Labute approximate surface area is 126 Å². The Morgan fingerprint density at radius 1 is 1.05 bits per heavy atom. The van der Waals surface area contributed by atoms with Crippen molar-refractivity contribution in [3.8, 4) is 0 Å². The molecule has 5 heteroatoms. The Balaban J connectivity index is 2.53. The fourth-order valence-corrected chi connectivity index (χ4v) is 2.71. The van der Waals surface area contributed by atoms with E-state index in [4.69, 9.17) is 34.8 Å². The van der Waals surface area contributed by atoms with E-state index >= 15 is 0 Å². The minimum absolute atomic E-state index is 0.0906. The second kappa shape index (κ2) is 6.10. The van der Waals surface area contributed by atoms with Gasteiger partial charge in [0.2, 0.25) is 0 Å². The molecule has 2 rings (SSSR count). The molecule has 0 fully saturated rings. The number of nitrogens with one attached hydrogen (secondary N) is 1. The maximum atomic E-state index is 13.5. The summed E-state index contributed by atoms with van der Waals surface area (Å²) in [5.41, 5.74) is 1.43. The molecule has 0 heterocycles. The molecule has 0 aliphatic carbocycles. The maximum absolute atomic E-state index is 13.5. The molecule has 0 aliphatic rings. The predicted molar refractivity (Wildman–Crippen MR) is 78.8 cm³/mol. The second-order valence-corrected chi connectivity index (χ2v) is 5.25. The van der Waals surface area contributed by atoms with Gasteiger partial charge in [-0.25, -0.2) is 4.39 Å². The first kappa shape index (κ1) is 14.6. The number of rotatable bonds is 3. The van der Waals surface area contributed by atoms with Gasteiger partial charge in [0.15, 0.2) is 0 Å². The monoisotopic (exact) mass is 317 g/mol. The zero-order valence-electron chi connectivity index (χ0n) is 10.1. The van der Waals surface area contributed by atoms with E-state index in [2.05, 4.69) is 5.32 Å². The van der Waals surface area contributed by atoms with Crippen molar-refractivity contribution in [1.82, 2.24) is 5.32 Å². The standard InChI is InChI=1S/C14H11Cl3FN/c1-19-14(9-6-5-8(15)7-11(9)16)10-3-2-4-12(18)13(10)17/h2-7,14,19H,1H3. The Bertz CT molecular complexity index is 601. The van der Waals surface area contributed by atoms with E-state index in [1.54, 1.807) is 37.4 Å². The summed E-state index contributed by atoms with van der Waals surface area (Å²) in [6, 6.07) is 9.58. The van der Waals surface area contributed by atoms with Crippen LogP contribution in [-0.4, -0.2) is 7.05 Å². The fourth-order valence-electron chi connectivity index (χ4n) is 1.96. The molecule has 0 spiro atoms. The molecule has 1 N–H and O–H groups in total. The van der Waals surface area contributed by atoms with Gasteiger partial charge in [0.05, 0.1) is 11.1 Å². The van der Waals surface area contributed by atoms with E-state index < -0.39 is 5.82 Å². The lowest BCUT2D eigenvalue weighted by Gasteiger charge is -2.20. The number of benzene rings is 2. The van der Waals surface area contributed by atoms with E-state index in [9.17, 15) is 4.39 Å². The second-order valence-electron chi connectivity index (χ2n) is 4.03. The normalized spacial score (nSPS) is 12.5. The van der Waals surface area contributed by atoms with Gasteiger partial charge in [0, 0.05) is 10.0 Å². The first-order chi connectivity index (χ1) is 9.04. The van der Waals surface area contributed by atoms with Gasteiger partial charge in [-0.05, 0) is 36.4 Å². The van der Waals surface area contributed by atoms with Crippen LogP contribution in [0.3, 0.4) is 0 Å². The van der Waals surface area contributed by atoms with Crippen LogP contribution in [0.1, 0.15) is 17.2 Å².